The number of carbonyl (C=O) groups is 2. The average Bonchev–Trinajstić information content (AvgIpc) is 2.61. The quantitative estimate of drug-likeness (QED) is 0.525. The van der Waals surface area contributed by atoms with Gasteiger partial charge in [-0.05, 0) is 35.4 Å². The van der Waals surface area contributed by atoms with Crippen LogP contribution in [0.5, 0.6) is 5.75 Å². The molecule has 7 heteroatoms. The Bertz CT molecular complexity index is 714. The molecule has 0 saturated carbocycles. The molecule has 2 rings (SSSR count). The van der Waals surface area contributed by atoms with Gasteiger partial charge in [0.2, 0.25) is 0 Å². The molecule has 2 aromatic rings. The number of hydrazone groups is 1. The Morgan fingerprint density at radius 1 is 1.12 bits per heavy atom. The molecule has 0 saturated heterocycles. The number of ether oxygens (including phenoxy) is 1. The highest BCUT2D eigenvalue weighted by Crippen LogP contribution is 2.12. The maximum Gasteiger partial charge on any atom is 0.341 e. The summed E-state index contributed by atoms with van der Waals surface area (Å²) >= 11 is 0. The monoisotopic (exact) mass is 328 g/mol. The summed E-state index contributed by atoms with van der Waals surface area (Å²) in [4.78, 5) is 22.2. The maximum atomic E-state index is 11.8. The van der Waals surface area contributed by atoms with E-state index in [0.717, 1.165) is 0 Å². The van der Waals surface area contributed by atoms with E-state index in [2.05, 4.69) is 10.5 Å². The Hall–Kier alpha value is -3.19. The van der Waals surface area contributed by atoms with Crippen molar-refractivity contribution in [2.24, 2.45) is 5.10 Å². The molecule has 7 nitrogen and oxygen atoms in total. The zero-order chi connectivity index (χ0) is 17.4. The SMILES string of the molecule is O=C(O)COc1ccc(/C=N\NC(=O)[C@@H](O)c2ccccc2)cc1. The van der Waals surface area contributed by atoms with Crippen molar-refractivity contribution in [2.45, 2.75) is 6.10 Å². The summed E-state index contributed by atoms with van der Waals surface area (Å²) in [7, 11) is 0. The molecule has 0 aromatic heterocycles. The number of hydrogen-bond donors (Lipinski definition) is 3. The molecular weight excluding hydrogens is 312 g/mol. The molecule has 1 atom stereocenters. The highest BCUT2D eigenvalue weighted by molar-refractivity contribution is 5.85. The Balaban J connectivity index is 1.87. The summed E-state index contributed by atoms with van der Waals surface area (Å²) in [6, 6.07) is 15.0. The van der Waals surface area contributed by atoms with E-state index in [1.165, 1.54) is 6.21 Å². The lowest BCUT2D eigenvalue weighted by atomic mass is 10.1. The van der Waals surface area contributed by atoms with E-state index in [1.807, 2.05) is 0 Å². The molecule has 0 aliphatic carbocycles. The second kappa shape index (κ2) is 8.44. The molecule has 0 unspecified atom stereocenters. The third kappa shape index (κ3) is 5.22. The number of amides is 1. The van der Waals surface area contributed by atoms with Crippen LogP contribution in [0.25, 0.3) is 0 Å². The van der Waals surface area contributed by atoms with Crippen molar-refractivity contribution in [2.75, 3.05) is 6.61 Å². The first-order valence-corrected chi connectivity index (χ1v) is 7.07. The molecular formula is C17H16N2O5. The zero-order valence-corrected chi connectivity index (χ0v) is 12.6. The van der Waals surface area contributed by atoms with Gasteiger partial charge >= 0.3 is 5.97 Å². The van der Waals surface area contributed by atoms with Gasteiger partial charge in [-0.25, -0.2) is 10.2 Å². The molecule has 2 aromatic carbocycles. The van der Waals surface area contributed by atoms with Gasteiger partial charge < -0.3 is 14.9 Å². The molecule has 0 spiro atoms. The number of nitrogens with one attached hydrogen (secondary N) is 1. The molecule has 0 aliphatic heterocycles. The number of carboxylic acid groups (broad SMARTS) is 1. The van der Waals surface area contributed by atoms with Gasteiger partial charge in [-0.15, -0.1) is 0 Å². The number of aliphatic hydroxyl groups is 1. The topological polar surface area (TPSA) is 108 Å². The third-order valence-corrected chi connectivity index (χ3v) is 2.99. The van der Waals surface area contributed by atoms with Crippen molar-refractivity contribution in [3.8, 4) is 5.75 Å². The van der Waals surface area contributed by atoms with E-state index >= 15 is 0 Å². The second-order valence-electron chi connectivity index (χ2n) is 4.80. The van der Waals surface area contributed by atoms with Crippen LogP contribution in [0.1, 0.15) is 17.2 Å². The summed E-state index contributed by atoms with van der Waals surface area (Å²) in [5.41, 5.74) is 3.41. The van der Waals surface area contributed by atoms with Crippen molar-refractivity contribution >= 4 is 18.1 Å². The second-order valence-corrected chi connectivity index (χ2v) is 4.80. The first-order chi connectivity index (χ1) is 11.6. The maximum absolute atomic E-state index is 11.8. The van der Waals surface area contributed by atoms with E-state index in [9.17, 15) is 14.7 Å². The van der Waals surface area contributed by atoms with Gasteiger partial charge in [0.05, 0.1) is 6.21 Å². The fraction of sp³-hybridized carbons (Fsp3) is 0.118. The molecule has 0 radical (unpaired) electrons. The summed E-state index contributed by atoms with van der Waals surface area (Å²) in [6.45, 7) is -0.416. The van der Waals surface area contributed by atoms with Crippen LogP contribution in [-0.4, -0.2) is 34.9 Å². The lowest BCUT2D eigenvalue weighted by Crippen LogP contribution is -2.25. The molecule has 0 aliphatic rings. The van der Waals surface area contributed by atoms with E-state index < -0.39 is 24.6 Å². The third-order valence-electron chi connectivity index (χ3n) is 2.99. The van der Waals surface area contributed by atoms with E-state index in [4.69, 9.17) is 9.84 Å². The lowest BCUT2D eigenvalue weighted by Gasteiger charge is -2.08. The van der Waals surface area contributed by atoms with Gasteiger partial charge in [0.1, 0.15) is 5.75 Å². The van der Waals surface area contributed by atoms with Crippen molar-refractivity contribution in [3.63, 3.8) is 0 Å². The molecule has 0 bridgehead atoms. The summed E-state index contributed by atoms with van der Waals surface area (Å²) in [6.07, 6.45) is 0.103. The van der Waals surface area contributed by atoms with Crippen LogP contribution in [0.15, 0.2) is 59.7 Å². The normalized spacial score (nSPS) is 11.9. The van der Waals surface area contributed by atoms with Crippen molar-refractivity contribution < 1.29 is 24.5 Å². The fourth-order valence-corrected chi connectivity index (χ4v) is 1.81. The fourth-order valence-electron chi connectivity index (χ4n) is 1.81. The smallest absolute Gasteiger partial charge is 0.341 e. The number of nitrogens with zero attached hydrogens (tertiary/aromatic N) is 1. The van der Waals surface area contributed by atoms with Gasteiger partial charge in [0.25, 0.3) is 5.91 Å². The first kappa shape index (κ1) is 17.2. The van der Waals surface area contributed by atoms with Crippen molar-refractivity contribution in [1.29, 1.82) is 0 Å². The summed E-state index contributed by atoms with van der Waals surface area (Å²) in [5, 5.41) is 22.2. The number of hydrogen-bond acceptors (Lipinski definition) is 5. The van der Waals surface area contributed by atoms with E-state index in [-0.39, 0.29) is 0 Å². The zero-order valence-electron chi connectivity index (χ0n) is 12.6. The molecule has 24 heavy (non-hydrogen) atoms. The van der Waals surface area contributed by atoms with Crippen LogP contribution >= 0.6 is 0 Å². The minimum absolute atomic E-state index is 0.415. The number of aliphatic carboxylic acids is 1. The Kier molecular flexibility index (Phi) is 6.04. The number of carbonyl (C=O) groups excluding carboxylic acids is 1. The Morgan fingerprint density at radius 3 is 2.42 bits per heavy atom. The predicted octanol–water partition coefficient (Wildman–Crippen LogP) is 1.33. The van der Waals surface area contributed by atoms with Crippen LogP contribution in [-0.2, 0) is 9.59 Å². The average molecular weight is 328 g/mol. The molecule has 124 valence electrons. The van der Waals surface area contributed by atoms with Crippen molar-refractivity contribution in [1.82, 2.24) is 5.43 Å². The van der Waals surface area contributed by atoms with Crippen LogP contribution in [0, 0.1) is 0 Å². The lowest BCUT2D eigenvalue weighted by molar-refractivity contribution is -0.139. The number of carboxylic acids is 1. The van der Waals surface area contributed by atoms with Crippen LogP contribution in [0.4, 0.5) is 0 Å². The predicted molar refractivity (Wildman–Crippen MR) is 86.7 cm³/mol. The summed E-state index contributed by atoms with van der Waals surface area (Å²) < 4.78 is 5.00. The highest BCUT2D eigenvalue weighted by Gasteiger charge is 2.15. The first-order valence-electron chi connectivity index (χ1n) is 7.07. The van der Waals surface area contributed by atoms with E-state index in [0.29, 0.717) is 16.9 Å². The molecule has 3 N–H and O–H groups in total. The van der Waals surface area contributed by atoms with Crippen molar-refractivity contribution in [3.05, 3.63) is 65.7 Å². The van der Waals surface area contributed by atoms with Crippen LogP contribution in [0.3, 0.4) is 0 Å². The van der Waals surface area contributed by atoms with Gasteiger partial charge in [0, 0.05) is 0 Å². The molecule has 0 fully saturated rings. The standard InChI is InChI=1S/C17H16N2O5/c20-15(21)11-24-14-8-6-12(7-9-14)10-18-19-17(23)16(22)13-4-2-1-3-5-13/h1-10,16,22H,11H2,(H,19,23)(H,20,21)/b18-10-/t16-/m0/s1. The summed E-state index contributed by atoms with van der Waals surface area (Å²) in [5.74, 6) is -1.28. The minimum atomic E-state index is -1.30. The largest absolute Gasteiger partial charge is 0.482 e. The van der Waals surface area contributed by atoms with Gasteiger partial charge in [-0.2, -0.15) is 5.10 Å². The van der Waals surface area contributed by atoms with Crippen LogP contribution < -0.4 is 10.2 Å². The number of aliphatic hydroxyl groups excluding tert-OH is 1. The highest BCUT2D eigenvalue weighted by atomic mass is 16.5. The van der Waals surface area contributed by atoms with Gasteiger partial charge in [-0.3, -0.25) is 4.79 Å². The molecule has 1 amide bonds. The number of rotatable bonds is 7. The number of benzene rings is 2. The molecule has 0 heterocycles. The Morgan fingerprint density at radius 2 is 1.79 bits per heavy atom. The van der Waals surface area contributed by atoms with E-state index in [1.54, 1.807) is 54.6 Å². The van der Waals surface area contributed by atoms with Crippen LogP contribution in [0.2, 0.25) is 0 Å². The van der Waals surface area contributed by atoms with Gasteiger partial charge in [-0.1, -0.05) is 30.3 Å². The van der Waals surface area contributed by atoms with Gasteiger partial charge in [0.15, 0.2) is 12.7 Å². The minimum Gasteiger partial charge on any atom is -0.482 e. The Labute approximate surface area is 138 Å².